The number of hydrogen-bond acceptors (Lipinski definition) is 3. The summed E-state index contributed by atoms with van der Waals surface area (Å²) in [7, 11) is 2.14. The predicted octanol–water partition coefficient (Wildman–Crippen LogP) is 5.89. The number of fused-ring (bicyclic) bond motifs is 3. The number of benzene rings is 1. The van der Waals surface area contributed by atoms with Crippen molar-refractivity contribution in [1.82, 2.24) is 4.90 Å². The van der Waals surface area contributed by atoms with Crippen molar-refractivity contribution in [2.45, 2.75) is 77.4 Å². The third kappa shape index (κ3) is 3.18. The summed E-state index contributed by atoms with van der Waals surface area (Å²) < 4.78 is 6.53. The maximum absolute atomic E-state index is 11.6. The molecule has 1 aromatic rings. The van der Waals surface area contributed by atoms with Crippen LogP contribution in [-0.2, 0) is 6.42 Å². The van der Waals surface area contributed by atoms with Crippen LogP contribution in [0.25, 0.3) is 0 Å². The molecule has 3 heteroatoms. The van der Waals surface area contributed by atoms with Gasteiger partial charge in [0.1, 0.15) is 17.1 Å². The summed E-state index contributed by atoms with van der Waals surface area (Å²) in [5, 5.41) is 11.6. The number of aromatic hydroxyl groups is 1. The van der Waals surface area contributed by atoms with Gasteiger partial charge in [-0.05, 0) is 58.7 Å². The van der Waals surface area contributed by atoms with E-state index in [9.17, 15) is 5.11 Å². The Labute approximate surface area is 170 Å². The first-order chi connectivity index (χ1) is 13.3. The molecule has 1 N–H and O–H groups in total. The van der Waals surface area contributed by atoms with Gasteiger partial charge in [-0.15, -0.1) is 0 Å². The highest BCUT2D eigenvalue weighted by Crippen LogP contribution is 2.56. The number of hydrogen-bond donors (Lipinski definition) is 1. The van der Waals surface area contributed by atoms with E-state index in [0.29, 0.717) is 11.7 Å². The van der Waals surface area contributed by atoms with Crippen LogP contribution in [0.5, 0.6) is 11.5 Å². The van der Waals surface area contributed by atoms with Crippen molar-refractivity contribution >= 4 is 0 Å². The molecule has 0 fully saturated rings. The van der Waals surface area contributed by atoms with E-state index in [1.54, 1.807) is 0 Å². The van der Waals surface area contributed by atoms with Gasteiger partial charge in [0.15, 0.2) is 0 Å². The maximum atomic E-state index is 11.6. The van der Waals surface area contributed by atoms with Crippen molar-refractivity contribution in [2.24, 2.45) is 5.92 Å². The molecule has 0 saturated carbocycles. The van der Waals surface area contributed by atoms with Crippen LogP contribution in [-0.4, -0.2) is 29.2 Å². The number of phenols is 1. The number of likely N-dealkylation sites (N-methyl/N-ethyl adjacent to an activating group) is 1. The molecule has 0 radical (unpaired) electrons. The molecule has 2 heterocycles. The van der Waals surface area contributed by atoms with Gasteiger partial charge in [-0.2, -0.15) is 0 Å². The quantitative estimate of drug-likeness (QED) is 0.510. The lowest BCUT2D eigenvalue weighted by molar-refractivity contribution is 0.0223. The Bertz CT molecular complexity index is 820. The molecule has 3 nitrogen and oxygen atoms in total. The van der Waals surface area contributed by atoms with Crippen molar-refractivity contribution in [3.05, 3.63) is 46.6 Å². The van der Waals surface area contributed by atoms with E-state index in [2.05, 4.69) is 63.9 Å². The minimum Gasteiger partial charge on any atom is -0.507 e. The van der Waals surface area contributed by atoms with Gasteiger partial charge in [0.25, 0.3) is 0 Å². The molecule has 0 spiro atoms. The lowest BCUT2D eigenvalue weighted by Crippen LogP contribution is -2.43. The van der Waals surface area contributed by atoms with Crippen LogP contribution in [0.1, 0.15) is 82.0 Å². The van der Waals surface area contributed by atoms with Gasteiger partial charge in [0.2, 0.25) is 0 Å². The van der Waals surface area contributed by atoms with Crippen molar-refractivity contribution in [3.63, 3.8) is 0 Å². The SMILES string of the molecule is CCCCCc1cc2c(c(O)c1[C@@H]1C=CCN1C)C1C=C(C)CC1C(C)(C)O2. The van der Waals surface area contributed by atoms with E-state index in [0.717, 1.165) is 42.7 Å². The predicted molar refractivity (Wildman–Crippen MR) is 115 cm³/mol. The molecule has 2 unspecified atom stereocenters. The molecule has 4 rings (SSSR count). The average Bonchev–Trinajstić information content (AvgIpc) is 3.21. The molecule has 3 atom stereocenters. The zero-order valence-corrected chi connectivity index (χ0v) is 18.1. The van der Waals surface area contributed by atoms with Crippen LogP contribution >= 0.6 is 0 Å². The summed E-state index contributed by atoms with van der Waals surface area (Å²) in [4.78, 5) is 2.31. The summed E-state index contributed by atoms with van der Waals surface area (Å²) >= 11 is 0. The summed E-state index contributed by atoms with van der Waals surface area (Å²) in [6.45, 7) is 9.78. The normalized spacial score (nSPS) is 28.0. The number of unbranched alkanes of at least 4 members (excludes halogenated alkanes) is 2. The number of ether oxygens (including phenoxy) is 1. The lowest BCUT2D eigenvalue weighted by atomic mass is 9.74. The smallest absolute Gasteiger partial charge is 0.128 e. The summed E-state index contributed by atoms with van der Waals surface area (Å²) in [5.74, 6) is 2.01. The van der Waals surface area contributed by atoms with E-state index < -0.39 is 0 Å². The van der Waals surface area contributed by atoms with E-state index in [1.807, 2.05) is 0 Å². The molecule has 28 heavy (non-hydrogen) atoms. The van der Waals surface area contributed by atoms with Crippen LogP contribution in [0.3, 0.4) is 0 Å². The maximum Gasteiger partial charge on any atom is 0.128 e. The van der Waals surface area contributed by atoms with Gasteiger partial charge in [-0.3, -0.25) is 4.90 Å². The van der Waals surface area contributed by atoms with Crippen LogP contribution < -0.4 is 4.74 Å². The summed E-state index contributed by atoms with van der Waals surface area (Å²) in [6, 6.07) is 2.40. The monoisotopic (exact) mass is 381 g/mol. The van der Waals surface area contributed by atoms with Gasteiger partial charge in [-0.1, -0.05) is 43.6 Å². The average molecular weight is 382 g/mol. The highest BCUT2D eigenvalue weighted by atomic mass is 16.5. The standard InChI is InChI=1S/C25H35NO2/c1-6-7-8-10-17-15-21-23(24(27)22(17)20-11-9-12-26(20)5)18-13-16(2)14-19(18)25(3,4)28-21/h9,11,13,15,18-20,27H,6-8,10,12,14H2,1-5H3/t18?,19?,20-/m0/s1. The van der Waals surface area contributed by atoms with Gasteiger partial charge in [0.05, 0.1) is 6.04 Å². The number of phenolic OH excluding ortho intramolecular Hbond substituents is 1. The van der Waals surface area contributed by atoms with Crippen molar-refractivity contribution in [1.29, 1.82) is 0 Å². The van der Waals surface area contributed by atoms with Crippen LogP contribution in [0.2, 0.25) is 0 Å². The Hall–Kier alpha value is -1.74. The van der Waals surface area contributed by atoms with E-state index in [4.69, 9.17) is 4.74 Å². The molecule has 0 bridgehead atoms. The number of allylic oxidation sites excluding steroid dienone is 2. The third-order valence-corrected chi connectivity index (χ3v) is 7.00. The number of aryl methyl sites for hydroxylation is 1. The zero-order chi connectivity index (χ0) is 20.1. The second-order valence-corrected chi connectivity index (χ2v) is 9.53. The molecule has 2 aliphatic heterocycles. The topological polar surface area (TPSA) is 32.7 Å². The Kier molecular flexibility index (Phi) is 5.07. The van der Waals surface area contributed by atoms with Gasteiger partial charge in [0, 0.05) is 29.5 Å². The third-order valence-electron chi connectivity index (χ3n) is 7.00. The Morgan fingerprint density at radius 2 is 2.04 bits per heavy atom. The molecule has 0 aromatic heterocycles. The Morgan fingerprint density at radius 3 is 2.71 bits per heavy atom. The second kappa shape index (κ2) is 7.26. The first-order valence-corrected chi connectivity index (χ1v) is 10.9. The van der Waals surface area contributed by atoms with Crippen LogP contribution in [0.15, 0.2) is 29.9 Å². The molecule has 1 aliphatic carbocycles. The fraction of sp³-hybridized carbons (Fsp3) is 0.600. The molecular formula is C25H35NO2. The molecular weight excluding hydrogens is 346 g/mol. The minimum atomic E-state index is -0.218. The summed E-state index contributed by atoms with van der Waals surface area (Å²) in [6.07, 6.45) is 12.4. The van der Waals surface area contributed by atoms with E-state index in [-0.39, 0.29) is 17.6 Å². The first-order valence-electron chi connectivity index (χ1n) is 10.9. The summed E-state index contributed by atoms with van der Waals surface area (Å²) in [5.41, 5.74) is 4.56. The molecule has 1 aromatic carbocycles. The van der Waals surface area contributed by atoms with Crippen molar-refractivity contribution < 1.29 is 9.84 Å². The highest BCUT2D eigenvalue weighted by molar-refractivity contribution is 5.60. The zero-order valence-electron chi connectivity index (χ0n) is 18.1. The number of rotatable bonds is 5. The second-order valence-electron chi connectivity index (χ2n) is 9.53. The molecule has 0 saturated heterocycles. The van der Waals surface area contributed by atoms with E-state index in [1.165, 1.54) is 24.0 Å². The fourth-order valence-electron chi connectivity index (χ4n) is 5.46. The molecule has 3 aliphatic rings. The van der Waals surface area contributed by atoms with Crippen LogP contribution in [0.4, 0.5) is 0 Å². The van der Waals surface area contributed by atoms with Crippen molar-refractivity contribution in [2.75, 3.05) is 13.6 Å². The molecule has 152 valence electrons. The first kappa shape index (κ1) is 19.6. The fourth-order valence-corrected chi connectivity index (χ4v) is 5.46. The van der Waals surface area contributed by atoms with Gasteiger partial charge < -0.3 is 9.84 Å². The van der Waals surface area contributed by atoms with Gasteiger partial charge in [-0.25, -0.2) is 0 Å². The van der Waals surface area contributed by atoms with Gasteiger partial charge >= 0.3 is 0 Å². The van der Waals surface area contributed by atoms with Crippen LogP contribution in [0, 0.1) is 5.92 Å². The van der Waals surface area contributed by atoms with Crippen molar-refractivity contribution in [3.8, 4) is 11.5 Å². The largest absolute Gasteiger partial charge is 0.507 e. The Balaban J connectivity index is 1.85. The lowest BCUT2D eigenvalue weighted by Gasteiger charge is -2.43. The van der Waals surface area contributed by atoms with E-state index >= 15 is 0 Å². The Morgan fingerprint density at radius 1 is 1.25 bits per heavy atom. The minimum absolute atomic E-state index is 0.154. The molecule has 0 amide bonds. The highest BCUT2D eigenvalue weighted by Gasteiger charge is 2.47. The number of nitrogens with zero attached hydrogens (tertiary/aromatic N) is 1.